The van der Waals surface area contributed by atoms with E-state index in [-0.39, 0.29) is 5.78 Å². The van der Waals surface area contributed by atoms with Gasteiger partial charge in [0.2, 0.25) is 0 Å². The molecule has 0 aliphatic heterocycles. The van der Waals surface area contributed by atoms with Crippen LogP contribution in [-0.4, -0.2) is 15.6 Å². The Morgan fingerprint density at radius 3 is 2.56 bits per heavy atom. The lowest BCUT2D eigenvalue weighted by atomic mass is 10.1. The van der Waals surface area contributed by atoms with Crippen molar-refractivity contribution in [3.05, 3.63) is 52.3 Å². The third kappa shape index (κ3) is 2.79. The number of rotatable bonds is 4. The summed E-state index contributed by atoms with van der Waals surface area (Å²) in [5.74, 6) is 0.0759. The molecule has 0 N–H and O–H groups in total. The van der Waals surface area contributed by atoms with E-state index in [4.69, 9.17) is 11.6 Å². The molecule has 0 aliphatic carbocycles. The normalized spacial score (nSPS) is 10.6. The molecule has 0 amide bonds. The van der Waals surface area contributed by atoms with Gasteiger partial charge in [0.25, 0.3) is 0 Å². The second-order valence-electron chi connectivity index (χ2n) is 4.22. The third-order valence-electron chi connectivity index (χ3n) is 2.86. The Kier molecular flexibility index (Phi) is 3.82. The number of ketones is 1. The average molecular weight is 263 g/mol. The van der Waals surface area contributed by atoms with Gasteiger partial charge in [0.15, 0.2) is 5.78 Å². The quantitative estimate of drug-likeness (QED) is 0.794. The number of aromatic nitrogens is 2. The highest BCUT2D eigenvalue weighted by molar-refractivity contribution is 6.30. The van der Waals surface area contributed by atoms with Gasteiger partial charge in [0.05, 0.1) is 5.69 Å². The zero-order chi connectivity index (χ0) is 13.1. The lowest BCUT2D eigenvalue weighted by molar-refractivity contribution is 0.0984. The Balaban J connectivity index is 2.16. The minimum atomic E-state index is 0.0759. The minimum absolute atomic E-state index is 0.0759. The van der Waals surface area contributed by atoms with E-state index >= 15 is 0 Å². The first-order valence-electron chi connectivity index (χ1n) is 5.90. The van der Waals surface area contributed by atoms with Crippen molar-refractivity contribution in [2.45, 2.75) is 19.8 Å². The summed E-state index contributed by atoms with van der Waals surface area (Å²) in [4.78, 5) is 12.2. The van der Waals surface area contributed by atoms with Crippen LogP contribution in [0.1, 0.15) is 28.7 Å². The van der Waals surface area contributed by atoms with Crippen LogP contribution in [0, 0.1) is 0 Å². The van der Waals surface area contributed by atoms with Crippen molar-refractivity contribution >= 4 is 17.4 Å². The fraction of sp³-hybridized carbons (Fsp3) is 0.286. The molecular weight excluding hydrogens is 248 g/mol. The Morgan fingerprint density at radius 1 is 1.33 bits per heavy atom. The zero-order valence-electron chi connectivity index (χ0n) is 10.5. The van der Waals surface area contributed by atoms with Crippen LogP contribution in [0.5, 0.6) is 0 Å². The molecule has 2 rings (SSSR count). The summed E-state index contributed by atoms with van der Waals surface area (Å²) in [5, 5.41) is 4.96. The van der Waals surface area contributed by atoms with Crippen LogP contribution in [0.25, 0.3) is 0 Å². The number of hydrogen-bond acceptors (Lipinski definition) is 2. The van der Waals surface area contributed by atoms with E-state index < -0.39 is 0 Å². The van der Waals surface area contributed by atoms with Crippen LogP contribution in [0.15, 0.2) is 30.3 Å². The second-order valence-corrected chi connectivity index (χ2v) is 4.66. The summed E-state index contributed by atoms with van der Waals surface area (Å²) in [5.41, 5.74) is 2.56. The molecule has 3 nitrogen and oxygen atoms in total. The number of halogens is 1. The van der Waals surface area contributed by atoms with Crippen LogP contribution < -0.4 is 0 Å². The summed E-state index contributed by atoms with van der Waals surface area (Å²) in [7, 11) is 1.80. The topological polar surface area (TPSA) is 34.9 Å². The molecule has 0 fully saturated rings. The lowest BCUT2D eigenvalue weighted by Crippen LogP contribution is -2.09. The van der Waals surface area contributed by atoms with Crippen molar-refractivity contribution in [3.63, 3.8) is 0 Å². The monoisotopic (exact) mass is 262 g/mol. The molecular formula is C14H15ClN2O. The number of Topliss-reactive ketones (excluding diaryl/α,β-unsaturated/α-hetero) is 1. The van der Waals surface area contributed by atoms with E-state index in [1.807, 2.05) is 25.1 Å². The van der Waals surface area contributed by atoms with Crippen LogP contribution in [0.4, 0.5) is 0 Å². The van der Waals surface area contributed by atoms with Gasteiger partial charge in [-0.1, -0.05) is 30.7 Å². The predicted molar refractivity (Wildman–Crippen MR) is 72.1 cm³/mol. The van der Waals surface area contributed by atoms with Gasteiger partial charge in [-0.05, 0) is 30.2 Å². The molecule has 1 heterocycles. The Hall–Kier alpha value is -1.61. The first kappa shape index (κ1) is 12.8. The first-order valence-corrected chi connectivity index (χ1v) is 6.28. The fourth-order valence-corrected chi connectivity index (χ4v) is 1.96. The predicted octanol–water partition coefficient (Wildman–Crippen LogP) is 3.06. The molecule has 0 atom stereocenters. The van der Waals surface area contributed by atoms with E-state index in [2.05, 4.69) is 5.10 Å². The van der Waals surface area contributed by atoms with Crippen LogP contribution in [0.3, 0.4) is 0 Å². The average Bonchev–Trinajstić information content (AvgIpc) is 2.73. The van der Waals surface area contributed by atoms with E-state index in [0.29, 0.717) is 17.1 Å². The van der Waals surface area contributed by atoms with E-state index in [0.717, 1.165) is 17.7 Å². The van der Waals surface area contributed by atoms with E-state index in [1.165, 1.54) is 0 Å². The highest BCUT2D eigenvalue weighted by atomic mass is 35.5. The minimum Gasteiger partial charge on any atom is -0.292 e. The van der Waals surface area contributed by atoms with Gasteiger partial charge < -0.3 is 0 Å². The van der Waals surface area contributed by atoms with Gasteiger partial charge in [-0.15, -0.1) is 0 Å². The third-order valence-corrected chi connectivity index (χ3v) is 3.11. The van der Waals surface area contributed by atoms with Crippen LogP contribution >= 0.6 is 11.6 Å². The first-order chi connectivity index (χ1) is 8.60. The maximum absolute atomic E-state index is 12.2. The molecule has 0 aliphatic rings. The number of aryl methyl sites for hydroxylation is 2. The summed E-state index contributed by atoms with van der Waals surface area (Å²) in [6.45, 7) is 2.02. The summed E-state index contributed by atoms with van der Waals surface area (Å²) >= 11 is 5.81. The fourth-order valence-electron chi connectivity index (χ4n) is 1.84. The number of carbonyl (C=O) groups excluding carboxylic acids is 1. The molecule has 0 unspecified atom stereocenters. The highest BCUT2D eigenvalue weighted by Gasteiger charge is 2.13. The maximum Gasteiger partial charge on any atom is 0.185 e. The molecule has 1 aromatic heterocycles. The van der Waals surface area contributed by atoms with Gasteiger partial charge in [-0.2, -0.15) is 5.10 Å². The number of nitrogens with zero attached hydrogens (tertiary/aromatic N) is 2. The smallest absolute Gasteiger partial charge is 0.185 e. The van der Waals surface area contributed by atoms with Crippen LogP contribution in [0.2, 0.25) is 5.02 Å². The van der Waals surface area contributed by atoms with Crippen molar-refractivity contribution in [2.24, 2.45) is 7.05 Å². The van der Waals surface area contributed by atoms with Gasteiger partial charge in [-0.25, -0.2) is 0 Å². The van der Waals surface area contributed by atoms with Crippen LogP contribution in [-0.2, 0) is 19.9 Å². The standard InChI is InChI=1S/C14H15ClN2O/c1-3-12-9-13(17(2)16-12)14(18)8-10-4-6-11(15)7-5-10/h4-7,9H,3,8H2,1-2H3. The lowest BCUT2D eigenvalue weighted by Gasteiger charge is -2.01. The van der Waals surface area contributed by atoms with Gasteiger partial charge in [0, 0.05) is 18.5 Å². The Morgan fingerprint density at radius 2 is 2.00 bits per heavy atom. The van der Waals surface area contributed by atoms with Crippen molar-refractivity contribution in [2.75, 3.05) is 0 Å². The Bertz CT molecular complexity index is 558. The largest absolute Gasteiger partial charge is 0.292 e. The zero-order valence-corrected chi connectivity index (χ0v) is 11.2. The number of hydrogen-bond donors (Lipinski definition) is 0. The van der Waals surface area contributed by atoms with E-state index in [9.17, 15) is 4.79 Å². The molecule has 4 heteroatoms. The van der Waals surface area contributed by atoms with Crippen molar-refractivity contribution in [3.8, 4) is 0 Å². The second kappa shape index (κ2) is 5.36. The number of carbonyl (C=O) groups is 1. The van der Waals surface area contributed by atoms with Crippen molar-refractivity contribution < 1.29 is 4.79 Å². The Labute approximate surface area is 111 Å². The highest BCUT2D eigenvalue weighted by Crippen LogP contribution is 2.13. The van der Waals surface area contributed by atoms with Gasteiger partial charge in [-0.3, -0.25) is 9.48 Å². The molecule has 1 aromatic carbocycles. The SMILES string of the molecule is CCc1cc(C(=O)Cc2ccc(Cl)cc2)n(C)n1. The van der Waals surface area contributed by atoms with Gasteiger partial charge in [0.1, 0.15) is 5.69 Å². The summed E-state index contributed by atoms with van der Waals surface area (Å²) in [6.07, 6.45) is 1.21. The summed E-state index contributed by atoms with van der Waals surface area (Å²) < 4.78 is 1.65. The van der Waals surface area contributed by atoms with Crippen molar-refractivity contribution in [1.29, 1.82) is 0 Å². The molecule has 94 valence electrons. The molecule has 0 spiro atoms. The maximum atomic E-state index is 12.2. The van der Waals surface area contributed by atoms with Gasteiger partial charge >= 0.3 is 0 Å². The molecule has 18 heavy (non-hydrogen) atoms. The number of benzene rings is 1. The van der Waals surface area contributed by atoms with Crippen molar-refractivity contribution in [1.82, 2.24) is 9.78 Å². The molecule has 0 saturated carbocycles. The molecule has 0 radical (unpaired) electrons. The summed E-state index contributed by atoms with van der Waals surface area (Å²) in [6, 6.07) is 9.20. The van der Waals surface area contributed by atoms with E-state index in [1.54, 1.807) is 23.9 Å². The molecule has 0 saturated heterocycles. The molecule has 2 aromatic rings. The molecule has 0 bridgehead atoms.